The van der Waals surface area contributed by atoms with Gasteiger partial charge in [0.2, 0.25) is 0 Å². The molecule has 0 radical (unpaired) electrons. The molecule has 144 valence electrons. The van der Waals surface area contributed by atoms with Gasteiger partial charge in [0.25, 0.3) is 6.47 Å². The molecule has 0 aliphatic heterocycles. The van der Waals surface area contributed by atoms with Crippen molar-refractivity contribution in [2.75, 3.05) is 0 Å². The highest BCUT2D eigenvalue weighted by Gasteiger charge is 2.65. The molecule has 4 aliphatic rings. The van der Waals surface area contributed by atoms with Crippen LogP contribution in [-0.2, 0) is 14.3 Å². The van der Waals surface area contributed by atoms with E-state index in [-0.39, 0.29) is 22.7 Å². The van der Waals surface area contributed by atoms with E-state index in [4.69, 9.17) is 4.74 Å². The van der Waals surface area contributed by atoms with E-state index >= 15 is 0 Å². The molecule has 4 rings (SSSR count). The van der Waals surface area contributed by atoms with Crippen molar-refractivity contribution in [3.05, 3.63) is 11.6 Å². The predicted molar refractivity (Wildman–Crippen MR) is 98.3 cm³/mol. The lowest BCUT2D eigenvalue weighted by atomic mass is 9.47. The highest BCUT2D eigenvalue weighted by atomic mass is 16.5. The van der Waals surface area contributed by atoms with Gasteiger partial charge >= 0.3 is 0 Å². The average molecular weight is 360 g/mol. The number of hydrogen-bond donors (Lipinski definition) is 1. The first-order chi connectivity index (χ1) is 12.3. The molecule has 0 aromatic carbocycles. The third kappa shape index (κ3) is 2.23. The van der Waals surface area contributed by atoms with Crippen molar-refractivity contribution < 1.29 is 19.4 Å². The van der Waals surface area contributed by atoms with Crippen molar-refractivity contribution in [3.63, 3.8) is 0 Å². The molecule has 1 N–H and O–H groups in total. The Morgan fingerprint density at radius 1 is 1.19 bits per heavy atom. The summed E-state index contributed by atoms with van der Waals surface area (Å²) in [6.07, 6.45) is 9.96. The standard InChI is InChI=1S/C22H32O4/c1-14(24)22(25)11-8-19-17-5-4-15-12-16(26-13-23)6-9-20(15,2)18(17)7-10-21(19,22)3/h4,13,16-19,25H,5-12H2,1-3H3/t16-,17-,18+,19-,20+,21+,22-/m1/s1. The third-order valence-corrected chi connectivity index (χ3v) is 9.04. The van der Waals surface area contributed by atoms with Crippen molar-refractivity contribution in [1.82, 2.24) is 0 Å². The quantitative estimate of drug-likeness (QED) is 0.614. The summed E-state index contributed by atoms with van der Waals surface area (Å²) in [5.74, 6) is 1.55. The summed E-state index contributed by atoms with van der Waals surface area (Å²) in [6, 6.07) is 0. The zero-order chi connectivity index (χ0) is 18.7. The van der Waals surface area contributed by atoms with E-state index < -0.39 is 5.60 Å². The molecule has 3 saturated carbocycles. The van der Waals surface area contributed by atoms with Crippen molar-refractivity contribution >= 4 is 12.3 Å². The average Bonchev–Trinajstić information content (AvgIpc) is 2.88. The van der Waals surface area contributed by atoms with Crippen LogP contribution in [0.25, 0.3) is 0 Å². The second kappa shape index (κ2) is 5.92. The Morgan fingerprint density at radius 3 is 2.62 bits per heavy atom. The number of rotatable bonds is 3. The lowest BCUT2D eigenvalue weighted by Gasteiger charge is -2.58. The van der Waals surface area contributed by atoms with Crippen LogP contribution in [-0.4, -0.2) is 29.1 Å². The van der Waals surface area contributed by atoms with Crippen molar-refractivity contribution in [3.8, 4) is 0 Å². The van der Waals surface area contributed by atoms with E-state index in [1.54, 1.807) is 6.92 Å². The second-order valence-corrected chi connectivity index (χ2v) is 9.77. The van der Waals surface area contributed by atoms with Crippen molar-refractivity contribution in [2.24, 2.45) is 28.6 Å². The van der Waals surface area contributed by atoms with Gasteiger partial charge in [-0.3, -0.25) is 9.59 Å². The first-order valence-corrected chi connectivity index (χ1v) is 10.3. The van der Waals surface area contributed by atoms with Gasteiger partial charge < -0.3 is 9.84 Å². The van der Waals surface area contributed by atoms with Gasteiger partial charge in [0, 0.05) is 11.8 Å². The number of ether oxygens (including phenoxy) is 1. The summed E-state index contributed by atoms with van der Waals surface area (Å²) in [4.78, 5) is 23.0. The molecule has 0 heterocycles. The molecule has 0 aromatic rings. The minimum atomic E-state index is -1.14. The molecular weight excluding hydrogens is 328 g/mol. The van der Waals surface area contributed by atoms with Gasteiger partial charge in [-0.2, -0.15) is 0 Å². The Bertz CT molecular complexity index is 655. The highest BCUT2D eigenvalue weighted by molar-refractivity contribution is 5.86. The zero-order valence-corrected chi connectivity index (χ0v) is 16.3. The van der Waals surface area contributed by atoms with Crippen LogP contribution in [0.2, 0.25) is 0 Å². The Labute approximate surface area is 156 Å². The second-order valence-electron chi connectivity index (χ2n) is 9.77. The predicted octanol–water partition coefficient (Wildman–Crippen LogP) is 3.81. The molecule has 0 saturated heterocycles. The van der Waals surface area contributed by atoms with Crippen LogP contribution in [0, 0.1) is 28.6 Å². The van der Waals surface area contributed by atoms with Crippen LogP contribution in [0.3, 0.4) is 0 Å². The lowest BCUT2D eigenvalue weighted by Crippen LogP contribution is -2.57. The molecule has 4 nitrogen and oxygen atoms in total. The fourth-order valence-corrected chi connectivity index (χ4v) is 7.42. The van der Waals surface area contributed by atoms with E-state index in [0.717, 1.165) is 44.9 Å². The maximum absolute atomic E-state index is 12.3. The summed E-state index contributed by atoms with van der Waals surface area (Å²) in [7, 11) is 0. The normalized spacial score (nSPS) is 50.1. The first-order valence-electron chi connectivity index (χ1n) is 10.3. The van der Waals surface area contributed by atoms with E-state index in [1.807, 2.05) is 0 Å². The Balaban J connectivity index is 1.64. The number of allylic oxidation sites excluding steroid dienone is 1. The van der Waals surface area contributed by atoms with Gasteiger partial charge in [-0.05, 0) is 75.0 Å². The van der Waals surface area contributed by atoms with Gasteiger partial charge in [-0.25, -0.2) is 0 Å². The topological polar surface area (TPSA) is 63.6 Å². The summed E-state index contributed by atoms with van der Waals surface area (Å²) in [5.41, 5.74) is 0.243. The number of carbonyl (C=O) groups is 2. The summed E-state index contributed by atoms with van der Waals surface area (Å²) in [6.45, 7) is 6.72. The lowest BCUT2D eigenvalue weighted by molar-refractivity contribution is -0.159. The Kier molecular flexibility index (Phi) is 4.15. The van der Waals surface area contributed by atoms with Crippen molar-refractivity contribution in [1.29, 1.82) is 0 Å². The maximum atomic E-state index is 12.3. The smallest absolute Gasteiger partial charge is 0.293 e. The molecule has 0 aromatic heterocycles. The van der Waals surface area contributed by atoms with E-state index in [0.29, 0.717) is 30.6 Å². The molecular formula is C22H32O4. The molecule has 0 bridgehead atoms. The van der Waals surface area contributed by atoms with Crippen LogP contribution in [0.1, 0.15) is 72.1 Å². The Hall–Kier alpha value is -1.16. The molecule has 4 heteroatoms. The van der Waals surface area contributed by atoms with E-state index in [9.17, 15) is 14.7 Å². The fraction of sp³-hybridized carbons (Fsp3) is 0.818. The van der Waals surface area contributed by atoms with Gasteiger partial charge in [-0.1, -0.05) is 25.5 Å². The van der Waals surface area contributed by atoms with Crippen LogP contribution in [0.4, 0.5) is 0 Å². The molecule has 0 unspecified atom stereocenters. The third-order valence-electron chi connectivity index (χ3n) is 9.04. The number of ketones is 1. The maximum Gasteiger partial charge on any atom is 0.293 e. The molecule has 4 aliphatic carbocycles. The molecule has 3 fully saturated rings. The molecule has 7 atom stereocenters. The van der Waals surface area contributed by atoms with Crippen LogP contribution in [0.15, 0.2) is 11.6 Å². The number of carbonyl (C=O) groups excluding carboxylic acids is 2. The number of fused-ring (bicyclic) bond motifs is 5. The van der Waals surface area contributed by atoms with Crippen LogP contribution < -0.4 is 0 Å². The zero-order valence-electron chi connectivity index (χ0n) is 16.3. The minimum Gasteiger partial charge on any atom is -0.464 e. The van der Waals surface area contributed by atoms with Crippen molar-refractivity contribution in [2.45, 2.75) is 83.8 Å². The SMILES string of the molecule is CC(=O)[C@]1(O)CC[C@@H]2[C@@H]3CC=C4C[C@H](OC=O)CC[C@]4(C)[C@H]3CC[C@@]21C. The number of hydrogen-bond acceptors (Lipinski definition) is 4. The van der Waals surface area contributed by atoms with E-state index in [1.165, 1.54) is 5.57 Å². The van der Waals surface area contributed by atoms with Gasteiger partial charge in [-0.15, -0.1) is 0 Å². The van der Waals surface area contributed by atoms with E-state index in [2.05, 4.69) is 19.9 Å². The van der Waals surface area contributed by atoms with Crippen LogP contribution >= 0.6 is 0 Å². The minimum absolute atomic E-state index is 0.0338. The molecule has 0 amide bonds. The van der Waals surface area contributed by atoms with Gasteiger partial charge in [0.05, 0.1) is 0 Å². The molecule has 26 heavy (non-hydrogen) atoms. The summed E-state index contributed by atoms with van der Waals surface area (Å²) >= 11 is 0. The number of Topliss-reactive ketones (excluding diaryl/α,β-unsaturated/α-hetero) is 1. The summed E-state index contributed by atoms with van der Waals surface area (Å²) < 4.78 is 5.26. The first kappa shape index (κ1) is 18.2. The van der Waals surface area contributed by atoms with Gasteiger partial charge in [0.15, 0.2) is 5.78 Å². The van der Waals surface area contributed by atoms with Gasteiger partial charge in [0.1, 0.15) is 11.7 Å². The largest absolute Gasteiger partial charge is 0.464 e. The summed E-state index contributed by atoms with van der Waals surface area (Å²) in [5, 5.41) is 11.2. The fourth-order valence-electron chi connectivity index (χ4n) is 7.42. The highest BCUT2D eigenvalue weighted by Crippen LogP contribution is 2.67. The van der Waals surface area contributed by atoms with Crippen LogP contribution in [0.5, 0.6) is 0 Å². The number of aliphatic hydroxyl groups is 1. The monoisotopic (exact) mass is 360 g/mol. The molecule has 0 spiro atoms. The Morgan fingerprint density at radius 2 is 1.92 bits per heavy atom.